The molecule has 54 heavy (non-hydrogen) atoms. The number of fused-ring (bicyclic) bond motifs is 1. The number of rotatable bonds is 12. The molecule has 288 valence electrons. The van der Waals surface area contributed by atoms with Crippen molar-refractivity contribution in [2.24, 2.45) is 5.92 Å². The number of likely N-dealkylation sites (tertiary alicyclic amines) is 1. The van der Waals surface area contributed by atoms with E-state index in [1.165, 1.54) is 49.2 Å². The van der Waals surface area contributed by atoms with Crippen LogP contribution in [0.2, 0.25) is 0 Å². The number of carbonyl (C=O) groups excluding carboxylic acids is 3. The maximum Gasteiger partial charge on any atom is 0.491 e. The third kappa shape index (κ3) is 8.38. The molecule has 12 nitrogen and oxygen atoms in total. The number of benzene rings is 3. The maximum atomic E-state index is 15.0. The molecule has 1 aliphatic heterocycles. The fraction of sp³-hybridized carbons (Fsp3) is 0.368. The van der Waals surface area contributed by atoms with E-state index in [2.05, 4.69) is 15.0 Å². The van der Waals surface area contributed by atoms with Gasteiger partial charge in [-0.3, -0.25) is 9.59 Å². The van der Waals surface area contributed by atoms with E-state index in [-0.39, 0.29) is 36.1 Å². The lowest BCUT2D eigenvalue weighted by Gasteiger charge is -2.33. The number of anilines is 2. The number of ether oxygens (including phenoxy) is 3. The molecule has 0 bridgehead atoms. The van der Waals surface area contributed by atoms with Crippen molar-refractivity contribution < 1.29 is 50.2 Å². The van der Waals surface area contributed by atoms with Crippen molar-refractivity contribution in [1.82, 2.24) is 9.88 Å². The van der Waals surface area contributed by atoms with E-state index in [1.807, 2.05) is 13.8 Å². The first kappa shape index (κ1) is 39.8. The zero-order valence-electron chi connectivity index (χ0n) is 30.2. The van der Waals surface area contributed by atoms with E-state index < -0.39 is 57.1 Å². The smallest absolute Gasteiger partial charge is 0.490 e. The molecule has 16 heteroatoms. The summed E-state index contributed by atoms with van der Waals surface area (Å²) >= 11 is 0. The van der Waals surface area contributed by atoms with Gasteiger partial charge in [0, 0.05) is 23.8 Å². The van der Waals surface area contributed by atoms with Gasteiger partial charge in [0.2, 0.25) is 5.91 Å². The van der Waals surface area contributed by atoms with Crippen molar-refractivity contribution in [1.29, 1.82) is 0 Å². The number of nitrogens with zero attached hydrogens (tertiary/aromatic N) is 2. The first-order chi connectivity index (χ1) is 25.4. The Kier molecular flexibility index (Phi) is 11.7. The summed E-state index contributed by atoms with van der Waals surface area (Å²) in [6.45, 7) is 8.43. The predicted octanol–water partition coefficient (Wildman–Crippen LogP) is 6.56. The van der Waals surface area contributed by atoms with Crippen LogP contribution in [0.1, 0.15) is 64.3 Å². The van der Waals surface area contributed by atoms with E-state index in [4.69, 9.17) is 15.2 Å². The number of carbonyl (C=O) groups is 3. The predicted molar refractivity (Wildman–Crippen MR) is 194 cm³/mol. The number of halogens is 3. The minimum Gasteiger partial charge on any atom is -0.490 e. The molecule has 2 unspecified atom stereocenters. The summed E-state index contributed by atoms with van der Waals surface area (Å²) < 4.78 is 83.0. The number of sulfone groups is 1. The van der Waals surface area contributed by atoms with Crippen molar-refractivity contribution >= 4 is 50.0 Å². The number of amides is 1. The number of nitrogen functional groups attached to an aromatic ring is 1. The maximum absolute atomic E-state index is 15.0. The zero-order chi connectivity index (χ0) is 39.5. The first-order valence-corrected chi connectivity index (χ1v) is 18.8. The molecule has 2 heterocycles. The van der Waals surface area contributed by atoms with Crippen molar-refractivity contribution in [3.8, 4) is 11.5 Å². The Morgan fingerprint density at radius 2 is 1.72 bits per heavy atom. The van der Waals surface area contributed by atoms with E-state index in [0.717, 1.165) is 0 Å². The Morgan fingerprint density at radius 1 is 1.00 bits per heavy atom. The van der Waals surface area contributed by atoms with Crippen LogP contribution in [0.15, 0.2) is 77.8 Å². The van der Waals surface area contributed by atoms with E-state index >= 15 is 4.79 Å². The fourth-order valence-electron chi connectivity index (χ4n) is 6.37. The Balaban J connectivity index is 1.67. The highest BCUT2D eigenvalue weighted by Gasteiger charge is 2.49. The minimum atomic E-state index is -5.47. The monoisotopic (exact) mass is 770 g/mol. The minimum absolute atomic E-state index is 0.0124. The van der Waals surface area contributed by atoms with Gasteiger partial charge in [-0.15, -0.1) is 0 Å². The summed E-state index contributed by atoms with van der Waals surface area (Å²) in [5, 5.41) is 3.70. The third-order valence-corrected chi connectivity index (χ3v) is 11.1. The van der Waals surface area contributed by atoms with Crippen LogP contribution in [-0.4, -0.2) is 66.8 Å². The number of hydrogen-bond acceptors (Lipinski definition) is 11. The number of nitrogens with one attached hydrogen (secondary N) is 1. The second-order valence-electron chi connectivity index (χ2n) is 13.2. The van der Waals surface area contributed by atoms with Crippen LogP contribution < -0.4 is 20.5 Å². The van der Waals surface area contributed by atoms with Gasteiger partial charge in [0.15, 0.2) is 21.3 Å². The zero-order valence-corrected chi connectivity index (χ0v) is 31.0. The van der Waals surface area contributed by atoms with Gasteiger partial charge in [-0.25, -0.2) is 18.2 Å². The molecule has 1 amide bonds. The molecule has 1 aliphatic rings. The molecule has 0 aliphatic carbocycles. The summed E-state index contributed by atoms with van der Waals surface area (Å²) in [5.41, 5.74) is 6.90. The van der Waals surface area contributed by atoms with E-state index in [9.17, 15) is 31.2 Å². The lowest BCUT2D eigenvalue weighted by molar-refractivity contribution is -0.203. The number of pyridine rings is 1. The normalized spacial score (nSPS) is 16.7. The highest BCUT2D eigenvalue weighted by Crippen LogP contribution is 2.44. The molecule has 3 atom stereocenters. The van der Waals surface area contributed by atoms with Crippen molar-refractivity contribution in [3.05, 3.63) is 84.1 Å². The van der Waals surface area contributed by atoms with E-state index in [0.29, 0.717) is 39.3 Å². The second kappa shape index (κ2) is 15.9. The third-order valence-electron chi connectivity index (χ3n) is 8.89. The molecule has 0 saturated carbocycles. The lowest BCUT2D eigenvalue weighted by Crippen LogP contribution is -2.40. The van der Waals surface area contributed by atoms with Gasteiger partial charge >= 0.3 is 18.1 Å². The molecular weight excluding hydrogens is 729 g/mol. The summed E-state index contributed by atoms with van der Waals surface area (Å²) in [7, 11) is -4.06. The molecule has 1 saturated heterocycles. The molecule has 0 spiro atoms. The topological polar surface area (TPSA) is 167 Å². The van der Waals surface area contributed by atoms with Crippen LogP contribution in [0.4, 0.5) is 24.7 Å². The summed E-state index contributed by atoms with van der Waals surface area (Å²) in [6.07, 6.45) is -4.39. The summed E-state index contributed by atoms with van der Waals surface area (Å²) in [6, 6.07) is 14.8. The van der Waals surface area contributed by atoms with Gasteiger partial charge in [0.25, 0.3) is 0 Å². The number of nitrogens with two attached hydrogens (primary N) is 1. The molecule has 3 aromatic carbocycles. The molecule has 1 aromatic heterocycles. The van der Waals surface area contributed by atoms with Crippen LogP contribution in [0.3, 0.4) is 0 Å². The van der Waals surface area contributed by atoms with Crippen LogP contribution in [0, 0.1) is 5.92 Å². The van der Waals surface area contributed by atoms with Gasteiger partial charge in [0.05, 0.1) is 34.8 Å². The van der Waals surface area contributed by atoms with Crippen LogP contribution in [0.5, 0.6) is 11.5 Å². The number of esters is 2. The molecule has 5 rings (SSSR count). The van der Waals surface area contributed by atoms with Gasteiger partial charge < -0.3 is 30.2 Å². The van der Waals surface area contributed by atoms with Crippen LogP contribution >= 0.6 is 0 Å². The van der Waals surface area contributed by atoms with Gasteiger partial charge in [0.1, 0.15) is 11.9 Å². The highest BCUT2D eigenvalue weighted by molar-refractivity contribution is 7.92. The standard InChI is InChI=1S/C38H41F3N4O8S/c1-6-51-30-20-24(11-14-29(30)52-21(2)3)32(44-25-12-13-26-23(19-25)15-17-43-34(26)42)35(46)45-18-16-28(36(47)53-37(48)38(39,40)41)33(45)27-9-7-8-10-31(27)54(49,50)22(4)5/h7-15,17,19-22,28,32-33,44H,6,16,18H2,1-5H3,(H2,42,43)/t28?,32-,33?/m0/s1. The second-order valence-corrected chi connectivity index (χ2v) is 15.7. The lowest BCUT2D eigenvalue weighted by atomic mass is 9.93. The Hall–Kier alpha value is -5.38. The van der Waals surface area contributed by atoms with Crippen molar-refractivity contribution in [2.75, 3.05) is 24.2 Å². The molecular formula is C38H41F3N4O8S. The average molecular weight is 771 g/mol. The number of aromatic nitrogens is 1. The largest absolute Gasteiger partial charge is 0.491 e. The molecule has 1 fully saturated rings. The first-order valence-electron chi connectivity index (χ1n) is 17.2. The molecule has 3 N–H and O–H groups in total. The quantitative estimate of drug-likeness (QED) is 0.118. The fourth-order valence-corrected chi connectivity index (χ4v) is 7.66. The van der Waals surface area contributed by atoms with Gasteiger partial charge in [-0.2, -0.15) is 13.2 Å². The van der Waals surface area contributed by atoms with Crippen LogP contribution in [-0.2, 0) is 29.0 Å². The Labute approximate surface area is 310 Å². The Bertz CT molecular complexity index is 2160. The molecule has 4 aromatic rings. The van der Waals surface area contributed by atoms with Gasteiger partial charge in [-0.1, -0.05) is 24.3 Å². The number of hydrogen-bond donors (Lipinski definition) is 2. The number of alkyl halides is 3. The van der Waals surface area contributed by atoms with Crippen molar-refractivity contribution in [3.63, 3.8) is 0 Å². The van der Waals surface area contributed by atoms with Gasteiger partial charge in [-0.05, 0) is 100 Å². The SMILES string of the molecule is CCOc1cc([C@H](Nc2ccc3c(N)nccc3c2)C(=O)N2CCC(C(=O)OC(=O)C(F)(F)F)C2c2ccccc2S(=O)(=O)C(C)C)ccc1OC(C)C. The highest BCUT2D eigenvalue weighted by atomic mass is 32.2. The molecule has 0 radical (unpaired) electrons. The van der Waals surface area contributed by atoms with Crippen molar-refractivity contribution in [2.45, 2.75) is 75.5 Å². The average Bonchev–Trinajstić information content (AvgIpc) is 3.56. The summed E-state index contributed by atoms with van der Waals surface area (Å²) in [5.74, 6) is -5.43. The summed E-state index contributed by atoms with van der Waals surface area (Å²) in [4.78, 5) is 45.4. The van der Waals surface area contributed by atoms with E-state index in [1.54, 1.807) is 49.4 Å². The van der Waals surface area contributed by atoms with Crippen LogP contribution in [0.25, 0.3) is 10.8 Å². The Morgan fingerprint density at radius 3 is 2.39 bits per heavy atom.